The fraction of sp³-hybridized carbons (Fsp3) is 0.479. The van der Waals surface area contributed by atoms with Gasteiger partial charge in [0.15, 0.2) is 0 Å². The van der Waals surface area contributed by atoms with E-state index in [1.807, 2.05) is 65.8 Å². The molecular formula is C71H96O10. The Kier molecular flexibility index (Phi) is 22.9. The maximum Gasteiger partial charge on any atom is 0.306 e. The van der Waals surface area contributed by atoms with Crippen LogP contribution in [0.15, 0.2) is 111 Å². The quantitative estimate of drug-likeness (QED) is 0.0267. The minimum atomic E-state index is -1.36. The van der Waals surface area contributed by atoms with Crippen LogP contribution in [0.4, 0.5) is 0 Å². The van der Waals surface area contributed by atoms with Gasteiger partial charge < -0.3 is 33.5 Å². The second-order valence-corrected chi connectivity index (χ2v) is 26.3. The summed E-state index contributed by atoms with van der Waals surface area (Å²) >= 11 is 0. The van der Waals surface area contributed by atoms with Gasteiger partial charge in [0.25, 0.3) is 0 Å². The molecule has 4 rings (SSSR count). The average Bonchev–Trinajstić information content (AvgIpc) is 3.37. The molecule has 0 heterocycles. The molecule has 1 atom stereocenters. The Morgan fingerprint density at radius 2 is 0.741 bits per heavy atom. The van der Waals surface area contributed by atoms with Gasteiger partial charge in [0.05, 0.1) is 5.76 Å². The summed E-state index contributed by atoms with van der Waals surface area (Å²) in [5.74, 6) is 1.54. The molecule has 0 aliphatic heterocycles. The topological polar surface area (TPSA) is 127 Å². The number of aromatic hydroxyl groups is 1. The molecule has 4 aromatic rings. The van der Waals surface area contributed by atoms with Crippen molar-refractivity contribution >= 4 is 17.9 Å². The molecule has 1 unspecified atom stereocenters. The molecular weight excluding hydrogens is 1010 g/mol. The van der Waals surface area contributed by atoms with E-state index in [0.717, 1.165) is 61.4 Å². The Bertz CT molecular complexity index is 2770. The highest BCUT2D eigenvalue weighted by atomic mass is 16.6. The number of carbonyl (C=O) groups excluding carboxylic acids is 3. The Balaban J connectivity index is 1.69. The van der Waals surface area contributed by atoms with Crippen LogP contribution >= 0.6 is 0 Å². The summed E-state index contributed by atoms with van der Waals surface area (Å²) in [6.07, 6.45) is 5.45. The summed E-state index contributed by atoms with van der Waals surface area (Å²) in [6, 6.07) is 16.3. The number of benzene rings is 4. The lowest BCUT2D eigenvalue weighted by molar-refractivity contribution is -0.166. The molecule has 0 fully saturated rings. The van der Waals surface area contributed by atoms with E-state index in [9.17, 15) is 19.5 Å². The van der Waals surface area contributed by atoms with Crippen LogP contribution in [-0.4, -0.2) is 49.4 Å². The highest BCUT2D eigenvalue weighted by molar-refractivity contribution is 5.71. The molecule has 0 radical (unpaired) electrons. The molecule has 0 aliphatic carbocycles. The first-order valence-electron chi connectivity index (χ1n) is 28.4. The number of ether oxygens (including phenoxy) is 6. The lowest BCUT2D eigenvalue weighted by atomic mass is 9.81. The van der Waals surface area contributed by atoms with Crippen LogP contribution in [0.5, 0.6) is 17.2 Å². The highest BCUT2D eigenvalue weighted by Gasteiger charge is 2.38. The van der Waals surface area contributed by atoms with Crippen molar-refractivity contribution in [2.45, 2.75) is 191 Å². The van der Waals surface area contributed by atoms with Gasteiger partial charge >= 0.3 is 17.9 Å². The number of hydrogen-bond acceptors (Lipinski definition) is 10. The van der Waals surface area contributed by atoms with Gasteiger partial charge in [0, 0.05) is 36.8 Å². The van der Waals surface area contributed by atoms with Crippen LogP contribution in [0.3, 0.4) is 0 Å². The standard InChI is InChI=1S/C71H96O10/c1-23-49(7)80-65-47(5)35-53(39-59(65)69(17,18)19)26-25-51(9)76-41-71(42-77-61(72)30-27-54-33-45(3)52(10)57(37-54)67(11,12)13,43-78-62(73)31-28-55-34-46(4)64(75)58(38-55)68(14,15)16)44-79-63(74)32-29-56-36-48(6)66(81-50(8)24-2)60(40-56)70(20,21)22/h23-24,33-40,75H,1-2,7-9,25-32,41-44H2,3-6,10-22H3. The monoisotopic (exact) mass is 1110 g/mol. The fourth-order valence-corrected chi connectivity index (χ4v) is 9.66. The third-order valence-electron chi connectivity index (χ3n) is 14.7. The molecule has 4 aromatic carbocycles. The van der Waals surface area contributed by atoms with Crippen molar-refractivity contribution in [3.63, 3.8) is 0 Å². The smallest absolute Gasteiger partial charge is 0.306 e. The van der Waals surface area contributed by atoms with Crippen molar-refractivity contribution in [1.29, 1.82) is 0 Å². The van der Waals surface area contributed by atoms with Gasteiger partial charge in [-0.3, -0.25) is 14.4 Å². The minimum absolute atomic E-state index is 0.0204. The summed E-state index contributed by atoms with van der Waals surface area (Å²) in [7, 11) is 0. The van der Waals surface area contributed by atoms with Crippen LogP contribution in [0.1, 0.15) is 181 Å². The predicted octanol–water partition coefficient (Wildman–Crippen LogP) is 16.3. The number of phenolic OH excluding ortho intramolecular Hbond substituents is 1. The molecule has 0 spiro atoms. The third kappa shape index (κ3) is 19.7. The molecule has 0 saturated heterocycles. The largest absolute Gasteiger partial charge is 0.507 e. The van der Waals surface area contributed by atoms with Crippen LogP contribution in [-0.2, 0) is 80.7 Å². The Hall–Kier alpha value is -6.81. The maximum atomic E-state index is 14.0. The van der Waals surface area contributed by atoms with Gasteiger partial charge in [-0.2, -0.15) is 0 Å². The Morgan fingerprint density at radius 3 is 1.10 bits per heavy atom. The summed E-state index contributed by atoms with van der Waals surface area (Å²) in [5.41, 5.74) is 10.5. The molecule has 0 bridgehead atoms. The van der Waals surface area contributed by atoms with Gasteiger partial charge in [0.2, 0.25) is 0 Å². The molecule has 10 nitrogen and oxygen atoms in total. The molecule has 81 heavy (non-hydrogen) atoms. The normalized spacial score (nSPS) is 12.7. The van der Waals surface area contributed by atoms with Gasteiger partial charge in [-0.25, -0.2) is 0 Å². The molecule has 0 aliphatic rings. The zero-order valence-corrected chi connectivity index (χ0v) is 52.4. The maximum absolute atomic E-state index is 14.0. The Morgan fingerprint density at radius 1 is 0.432 bits per heavy atom. The van der Waals surface area contributed by atoms with E-state index in [4.69, 9.17) is 28.4 Å². The number of aryl methyl sites for hydroxylation is 8. The number of hydrogen-bond donors (Lipinski definition) is 1. The molecule has 0 aromatic heterocycles. The highest BCUT2D eigenvalue weighted by Crippen LogP contribution is 2.39. The Labute approximate surface area is 486 Å². The SMILES string of the molecule is C=CC(=C)Oc1c(C)cc(CCC(=C)OCC(COC(=O)CCc2cc(C)c(C)c(C(C)(C)C)c2)(COC(=O)CCc2cc(C)c(O)c(C(C)(C)C)c2)COC(=O)CCc2cc(C)c(OC(=C)C=C)c(C(C)(C)C)c2)cc1C(C)(C)C. The predicted molar refractivity (Wildman–Crippen MR) is 330 cm³/mol. The molecule has 0 amide bonds. The summed E-state index contributed by atoms with van der Waals surface area (Å²) in [5, 5.41) is 10.9. The molecule has 1 N–H and O–H groups in total. The van der Waals surface area contributed by atoms with Gasteiger partial charge in [-0.05, 0) is 155 Å². The van der Waals surface area contributed by atoms with Crippen LogP contribution in [0.25, 0.3) is 0 Å². The zero-order chi connectivity index (χ0) is 61.0. The third-order valence-corrected chi connectivity index (χ3v) is 14.7. The number of carbonyl (C=O) groups is 3. The van der Waals surface area contributed by atoms with E-state index in [1.165, 1.54) is 11.1 Å². The second kappa shape index (κ2) is 27.8. The lowest BCUT2D eigenvalue weighted by Crippen LogP contribution is -2.43. The van der Waals surface area contributed by atoms with Crippen LogP contribution in [0, 0.1) is 40.0 Å². The van der Waals surface area contributed by atoms with Crippen molar-refractivity contribution in [1.82, 2.24) is 0 Å². The van der Waals surface area contributed by atoms with Crippen molar-refractivity contribution in [3.05, 3.63) is 183 Å². The second-order valence-electron chi connectivity index (χ2n) is 26.3. The fourth-order valence-electron chi connectivity index (χ4n) is 9.66. The van der Waals surface area contributed by atoms with Gasteiger partial charge in [-0.1, -0.05) is 165 Å². The lowest BCUT2D eigenvalue weighted by Gasteiger charge is -2.32. The van der Waals surface area contributed by atoms with Crippen molar-refractivity contribution in [2.24, 2.45) is 5.41 Å². The molecule has 440 valence electrons. The summed E-state index contributed by atoms with van der Waals surface area (Å²) in [6.45, 7) is 54.2. The summed E-state index contributed by atoms with van der Waals surface area (Å²) in [4.78, 5) is 41.9. The van der Waals surface area contributed by atoms with E-state index in [-0.39, 0.29) is 73.1 Å². The number of esters is 3. The van der Waals surface area contributed by atoms with E-state index < -0.39 is 23.3 Å². The number of rotatable bonds is 27. The van der Waals surface area contributed by atoms with Crippen molar-refractivity contribution < 1.29 is 47.9 Å². The number of phenols is 1. The van der Waals surface area contributed by atoms with E-state index in [2.05, 4.69) is 133 Å². The van der Waals surface area contributed by atoms with E-state index in [1.54, 1.807) is 12.2 Å². The van der Waals surface area contributed by atoms with E-state index >= 15 is 0 Å². The minimum Gasteiger partial charge on any atom is -0.507 e. The van der Waals surface area contributed by atoms with Crippen LogP contribution < -0.4 is 9.47 Å². The van der Waals surface area contributed by atoms with Gasteiger partial charge in [-0.15, -0.1) is 0 Å². The van der Waals surface area contributed by atoms with Crippen molar-refractivity contribution in [2.75, 3.05) is 26.4 Å². The molecule has 10 heteroatoms. The van der Waals surface area contributed by atoms with E-state index in [0.29, 0.717) is 60.7 Å². The number of allylic oxidation sites excluding steroid dienone is 3. The van der Waals surface area contributed by atoms with Crippen molar-refractivity contribution in [3.8, 4) is 17.2 Å². The molecule has 0 saturated carbocycles. The first kappa shape index (κ1) is 66.7. The first-order chi connectivity index (χ1) is 37.5. The average molecular weight is 1110 g/mol. The first-order valence-corrected chi connectivity index (χ1v) is 28.4. The zero-order valence-electron chi connectivity index (χ0n) is 52.4. The summed E-state index contributed by atoms with van der Waals surface area (Å²) < 4.78 is 37.2. The van der Waals surface area contributed by atoms with Crippen LogP contribution in [0.2, 0.25) is 0 Å². The van der Waals surface area contributed by atoms with Gasteiger partial charge in [0.1, 0.15) is 60.6 Å².